The van der Waals surface area contributed by atoms with Crippen molar-refractivity contribution >= 4 is 5.96 Å². The Kier molecular flexibility index (Phi) is 4.24. The van der Waals surface area contributed by atoms with Gasteiger partial charge < -0.3 is 10.6 Å². The molecule has 1 aromatic carbocycles. The minimum atomic E-state index is 0.689. The van der Waals surface area contributed by atoms with E-state index in [1.54, 1.807) is 0 Å². The maximum absolute atomic E-state index is 6.05. The molecule has 0 unspecified atom stereocenters. The number of guanidine groups is 1. The molecular formula is C15H23N3. The van der Waals surface area contributed by atoms with Crippen molar-refractivity contribution < 1.29 is 0 Å². The third kappa shape index (κ3) is 3.25. The monoisotopic (exact) mass is 245 g/mol. The third-order valence-corrected chi connectivity index (χ3v) is 3.59. The van der Waals surface area contributed by atoms with Crippen LogP contribution in [0.25, 0.3) is 0 Å². The minimum absolute atomic E-state index is 0.689. The predicted octanol–water partition coefficient (Wildman–Crippen LogP) is 2.60. The van der Waals surface area contributed by atoms with E-state index in [1.807, 2.05) is 0 Å². The summed E-state index contributed by atoms with van der Waals surface area (Å²) in [4.78, 5) is 6.73. The van der Waals surface area contributed by atoms with Gasteiger partial charge in [-0.15, -0.1) is 0 Å². The Morgan fingerprint density at radius 3 is 2.61 bits per heavy atom. The van der Waals surface area contributed by atoms with Crippen molar-refractivity contribution in [3.63, 3.8) is 0 Å². The maximum Gasteiger partial charge on any atom is 0.191 e. The van der Waals surface area contributed by atoms with E-state index in [0.717, 1.165) is 13.1 Å². The fraction of sp³-hybridized carbons (Fsp3) is 0.533. The highest BCUT2D eigenvalue weighted by Crippen LogP contribution is 2.12. The number of piperidine rings is 1. The number of benzene rings is 1. The highest BCUT2D eigenvalue weighted by atomic mass is 15.2. The largest absolute Gasteiger partial charge is 0.370 e. The molecule has 1 aromatic rings. The first-order valence-corrected chi connectivity index (χ1v) is 6.78. The Hall–Kier alpha value is -1.51. The lowest BCUT2D eigenvalue weighted by Crippen LogP contribution is -2.40. The molecule has 0 atom stereocenters. The van der Waals surface area contributed by atoms with Gasteiger partial charge >= 0.3 is 0 Å². The number of rotatable bonds is 2. The second-order valence-corrected chi connectivity index (χ2v) is 5.15. The average molecular weight is 245 g/mol. The average Bonchev–Trinajstić information content (AvgIpc) is 2.38. The number of nitrogens with two attached hydrogens (primary N) is 1. The highest BCUT2D eigenvalue weighted by molar-refractivity contribution is 5.78. The molecule has 2 N–H and O–H groups in total. The van der Waals surface area contributed by atoms with E-state index in [1.165, 1.54) is 36.0 Å². The fourth-order valence-electron chi connectivity index (χ4n) is 2.41. The molecule has 0 aromatic heterocycles. The summed E-state index contributed by atoms with van der Waals surface area (Å²) in [6.45, 7) is 7.05. The van der Waals surface area contributed by atoms with E-state index in [0.29, 0.717) is 12.5 Å². The molecule has 0 radical (unpaired) electrons. The quantitative estimate of drug-likeness (QED) is 0.643. The lowest BCUT2D eigenvalue weighted by atomic mass is 10.1. The molecule has 1 saturated heterocycles. The summed E-state index contributed by atoms with van der Waals surface area (Å²) in [6, 6.07) is 6.48. The molecule has 0 aliphatic carbocycles. The van der Waals surface area contributed by atoms with Crippen LogP contribution >= 0.6 is 0 Å². The van der Waals surface area contributed by atoms with Gasteiger partial charge in [0.1, 0.15) is 0 Å². The molecule has 18 heavy (non-hydrogen) atoms. The number of likely N-dealkylation sites (tertiary alicyclic amines) is 1. The van der Waals surface area contributed by atoms with E-state index in [4.69, 9.17) is 5.73 Å². The van der Waals surface area contributed by atoms with Gasteiger partial charge in [-0.05, 0) is 44.2 Å². The molecule has 1 aliphatic rings. The minimum Gasteiger partial charge on any atom is -0.370 e. The smallest absolute Gasteiger partial charge is 0.191 e. The van der Waals surface area contributed by atoms with E-state index < -0.39 is 0 Å². The van der Waals surface area contributed by atoms with Crippen molar-refractivity contribution in [2.24, 2.45) is 10.7 Å². The maximum atomic E-state index is 6.05. The van der Waals surface area contributed by atoms with Crippen LogP contribution in [0.1, 0.15) is 36.0 Å². The van der Waals surface area contributed by atoms with Crippen molar-refractivity contribution in [2.45, 2.75) is 39.7 Å². The Morgan fingerprint density at radius 2 is 1.94 bits per heavy atom. The molecule has 1 heterocycles. The molecule has 98 valence electrons. The predicted molar refractivity (Wildman–Crippen MR) is 76.7 cm³/mol. The van der Waals surface area contributed by atoms with Crippen molar-refractivity contribution in [1.82, 2.24) is 4.90 Å². The van der Waals surface area contributed by atoms with Crippen LogP contribution in [0.2, 0.25) is 0 Å². The van der Waals surface area contributed by atoms with Crippen LogP contribution in [0.3, 0.4) is 0 Å². The third-order valence-electron chi connectivity index (χ3n) is 3.59. The number of hydrogen-bond donors (Lipinski definition) is 1. The Bertz CT molecular complexity index is 431. The summed E-state index contributed by atoms with van der Waals surface area (Å²) < 4.78 is 0. The van der Waals surface area contributed by atoms with E-state index in [-0.39, 0.29) is 0 Å². The van der Waals surface area contributed by atoms with E-state index in [9.17, 15) is 0 Å². The SMILES string of the molecule is Cc1ccc(CN=C(N)N2CCCCC2)c(C)c1. The number of aryl methyl sites for hydroxylation is 2. The molecule has 0 amide bonds. The zero-order chi connectivity index (χ0) is 13.0. The van der Waals surface area contributed by atoms with Crippen LogP contribution in [-0.4, -0.2) is 23.9 Å². The molecule has 3 nitrogen and oxygen atoms in total. The summed E-state index contributed by atoms with van der Waals surface area (Å²) in [6.07, 6.45) is 3.79. The van der Waals surface area contributed by atoms with Gasteiger partial charge in [-0.1, -0.05) is 23.8 Å². The summed E-state index contributed by atoms with van der Waals surface area (Å²) in [5.41, 5.74) is 9.91. The molecule has 0 spiro atoms. The number of aliphatic imine (C=N–C) groups is 1. The summed E-state index contributed by atoms with van der Waals surface area (Å²) >= 11 is 0. The van der Waals surface area contributed by atoms with Crippen LogP contribution in [0.4, 0.5) is 0 Å². The lowest BCUT2D eigenvalue weighted by molar-refractivity contribution is 0.338. The molecule has 0 bridgehead atoms. The van der Waals surface area contributed by atoms with Crippen LogP contribution in [0.5, 0.6) is 0 Å². The van der Waals surface area contributed by atoms with Crippen molar-refractivity contribution in [3.8, 4) is 0 Å². The van der Waals surface area contributed by atoms with E-state index in [2.05, 4.69) is 41.9 Å². The van der Waals surface area contributed by atoms with Gasteiger partial charge in [0.25, 0.3) is 0 Å². The second-order valence-electron chi connectivity index (χ2n) is 5.15. The van der Waals surface area contributed by atoms with Gasteiger partial charge in [0.05, 0.1) is 6.54 Å². The summed E-state index contributed by atoms with van der Waals surface area (Å²) in [5.74, 6) is 0.703. The molecule has 1 aliphatic heterocycles. The Labute approximate surface area is 110 Å². The van der Waals surface area contributed by atoms with Crippen molar-refractivity contribution in [1.29, 1.82) is 0 Å². The van der Waals surface area contributed by atoms with Gasteiger partial charge in [-0.25, -0.2) is 4.99 Å². The van der Waals surface area contributed by atoms with E-state index >= 15 is 0 Å². The van der Waals surface area contributed by atoms with Crippen LogP contribution in [0.15, 0.2) is 23.2 Å². The van der Waals surface area contributed by atoms with Gasteiger partial charge in [-0.3, -0.25) is 0 Å². The fourth-order valence-corrected chi connectivity index (χ4v) is 2.41. The van der Waals surface area contributed by atoms with Gasteiger partial charge in [0.15, 0.2) is 5.96 Å². The first-order valence-electron chi connectivity index (χ1n) is 6.78. The molecule has 0 saturated carbocycles. The lowest BCUT2D eigenvalue weighted by Gasteiger charge is -2.27. The Morgan fingerprint density at radius 1 is 1.22 bits per heavy atom. The first kappa shape index (κ1) is 12.9. The van der Waals surface area contributed by atoms with Gasteiger partial charge in [0, 0.05) is 13.1 Å². The van der Waals surface area contributed by atoms with Gasteiger partial charge in [0.2, 0.25) is 0 Å². The molecule has 2 rings (SSSR count). The van der Waals surface area contributed by atoms with Crippen LogP contribution in [0, 0.1) is 13.8 Å². The zero-order valence-corrected chi connectivity index (χ0v) is 11.4. The number of hydrogen-bond acceptors (Lipinski definition) is 1. The van der Waals surface area contributed by atoms with Crippen molar-refractivity contribution in [2.75, 3.05) is 13.1 Å². The summed E-state index contributed by atoms with van der Waals surface area (Å²) in [5, 5.41) is 0. The van der Waals surface area contributed by atoms with Crippen LogP contribution in [-0.2, 0) is 6.54 Å². The van der Waals surface area contributed by atoms with Gasteiger partial charge in [-0.2, -0.15) is 0 Å². The molecular weight excluding hydrogens is 222 g/mol. The molecule has 3 heteroatoms. The second kappa shape index (κ2) is 5.89. The summed E-state index contributed by atoms with van der Waals surface area (Å²) in [7, 11) is 0. The highest BCUT2D eigenvalue weighted by Gasteiger charge is 2.11. The Balaban J connectivity index is 2.00. The topological polar surface area (TPSA) is 41.6 Å². The molecule has 1 fully saturated rings. The normalized spacial score (nSPS) is 17.0. The van der Waals surface area contributed by atoms with Crippen molar-refractivity contribution in [3.05, 3.63) is 34.9 Å². The first-order chi connectivity index (χ1) is 8.66. The standard InChI is InChI=1S/C15H23N3/c1-12-6-7-14(13(2)10-12)11-17-15(16)18-8-4-3-5-9-18/h6-7,10H,3-5,8-9,11H2,1-2H3,(H2,16,17). The zero-order valence-electron chi connectivity index (χ0n) is 11.4. The van der Waals surface area contributed by atoms with Crippen LogP contribution < -0.4 is 5.73 Å². The number of nitrogens with zero attached hydrogens (tertiary/aromatic N) is 2.